The van der Waals surface area contributed by atoms with Crippen molar-refractivity contribution < 1.29 is 4.74 Å². The van der Waals surface area contributed by atoms with E-state index in [0.29, 0.717) is 16.6 Å². The van der Waals surface area contributed by atoms with Crippen LogP contribution < -0.4 is 10.5 Å². The summed E-state index contributed by atoms with van der Waals surface area (Å²) in [5.41, 5.74) is 8.36. The first-order chi connectivity index (χ1) is 10.2. The molecule has 2 aromatic carbocycles. The number of hydrogen-bond acceptors (Lipinski definition) is 2. The first kappa shape index (κ1) is 14.5. The number of para-hydroxylation sites is 1. The number of ether oxygens (including phenoxy) is 1. The number of nitrogens with two attached hydrogens (primary N) is 1. The molecule has 3 rings (SSSR count). The normalized spacial score (nSPS) is 16.4. The average Bonchev–Trinajstić information content (AvgIpc) is 2.48. The minimum absolute atomic E-state index is 0.00934. The molecule has 21 heavy (non-hydrogen) atoms. The van der Waals surface area contributed by atoms with Crippen molar-refractivity contribution in [1.82, 2.24) is 0 Å². The van der Waals surface area contributed by atoms with Crippen LogP contribution in [0.1, 0.15) is 12.0 Å². The lowest BCUT2D eigenvalue weighted by molar-refractivity contribution is 0.239. The van der Waals surface area contributed by atoms with Gasteiger partial charge in [-0.05, 0) is 24.8 Å². The molecule has 2 nitrogen and oxygen atoms in total. The topological polar surface area (TPSA) is 35.2 Å². The maximum absolute atomic E-state index is 6.33. The van der Waals surface area contributed by atoms with E-state index in [1.807, 2.05) is 42.5 Å². The van der Waals surface area contributed by atoms with Crippen molar-refractivity contribution in [3.63, 3.8) is 0 Å². The van der Waals surface area contributed by atoms with Gasteiger partial charge in [-0.25, -0.2) is 0 Å². The molecule has 0 aromatic heterocycles. The van der Waals surface area contributed by atoms with Crippen molar-refractivity contribution in [2.75, 3.05) is 6.54 Å². The van der Waals surface area contributed by atoms with Gasteiger partial charge in [0.2, 0.25) is 0 Å². The van der Waals surface area contributed by atoms with Crippen LogP contribution in [0.2, 0.25) is 10.0 Å². The van der Waals surface area contributed by atoms with Gasteiger partial charge in [-0.2, -0.15) is 0 Å². The second-order valence-corrected chi connectivity index (χ2v) is 5.73. The highest BCUT2D eigenvalue weighted by molar-refractivity contribution is 6.39. The number of rotatable bonds is 3. The molecule has 0 bridgehead atoms. The van der Waals surface area contributed by atoms with Crippen molar-refractivity contribution in [2.24, 2.45) is 5.73 Å². The molecule has 0 amide bonds. The lowest BCUT2D eigenvalue weighted by Gasteiger charge is -2.24. The maximum Gasteiger partial charge on any atom is 0.135 e. The van der Waals surface area contributed by atoms with Crippen LogP contribution in [0.4, 0.5) is 0 Å². The second kappa shape index (κ2) is 6.10. The number of benzene rings is 2. The summed E-state index contributed by atoms with van der Waals surface area (Å²) in [5, 5.41) is 1.23. The van der Waals surface area contributed by atoms with Crippen LogP contribution in [0.25, 0.3) is 17.2 Å². The van der Waals surface area contributed by atoms with E-state index in [-0.39, 0.29) is 6.10 Å². The van der Waals surface area contributed by atoms with Gasteiger partial charge in [0, 0.05) is 23.1 Å². The quantitative estimate of drug-likeness (QED) is 0.883. The van der Waals surface area contributed by atoms with Crippen LogP contribution >= 0.6 is 23.2 Å². The zero-order valence-electron chi connectivity index (χ0n) is 11.4. The monoisotopic (exact) mass is 319 g/mol. The summed E-state index contributed by atoms with van der Waals surface area (Å²) in [6.45, 7) is 0.583. The SMILES string of the molecule is NCC[C@@H]1C=Cc2cccc(-c3c(Cl)cccc3Cl)c2O1. The van der Waals surface area contributed by atoms with E-state index in [2.05, 4.69) is 6.08 Å². The Morgan fingerprint density at radius 3 is 2.48 bits per heavy atom. The molecule has 108 valence electrons. The third-order valence-corrected chi connectivity index (χ3v) is 4.12. The van der Waals surface area contributed by atoms with Gasteiger partial charge in [-0.3, -0.25) is 0 Å². The Balaban J connectivity index is 2.12. The number of halogens is 2. The molecule has 1 atom stereocenters. The minimum Gasteiger partial charge on any atom is -0.485 e. The first-order valence-corrected chi connectivity index (χ1v) is 7.58. The van der Waals surface area contributed by atoms with Crippen LogP contribution in [0.5, 0.6) is 5.75 Å². The molecule has 0 aliphatic carbocycles. The van der Waals surface area contributed by atoms with Crippen LogP contribution in [0.3, 0.4) is 0 Å². The third kappa shape index (κ3) is 2.80. The van der Waals surface area contributed by atoms with Crippen molar-refractivity contribution in [1.29, 1.82) is 0 Å². The Morgan fingerprint density at radius 1 is 1.05 bits per heavy atom. The van der Waals surface area contributed by atoms with E-state index >= 15 is 0 Å². The molecule has 0 saturated carbocycles. The summed E-state index contributed by atoms with van der Waals surface area (Å²) < 4.78 is 6.08. The highest BCUT2D eigenvalue weighted by atomic mass is 35.5. The summed E-state index contributed by atoms with van der Waals surface area (Å²) in [6.07, 6.45) is 4.87. The molecule has 1 aliphatic rings. The van der Waals surface area contributed by atoms with Gasteiger partial charge in [0.25, 0.3) is 0 Å². The molecule has 0 fully saturated rings. The first-order valence-electron chi connectivity index (χ1n) is 6.83. The predicted molar refractivity (Wildman–Crippen MR) is 89.0 cm³/mol. The molecule has 1 aliphatic heterocycles. The van der Waals surface area contributed by atoms with Gasteiger partial charge in [0.1, 0.15) is 11.9 Å². The van der Waals surface area contributed by atoms with Gasteiger partial charge in [-0.1, -0.05) is 53.5 Å². The Labute approximate surface area is 134 Å². The van der Waals surface area contributed by atoms with Crippen LogP contribution in [0.15, 0.2) is 42.5 Å². The third-order valence-electron chi connectivity index (χ3n) is 3.49. The fraction of sp³-hybridized carbons (Fsp3) is 0.176. The Kier molecular flexibility index (Phi) is 4.20. The van der Waals surface area contributed by atoms with E-state index in [9.17, 15) is 0 Å². The van der Waals surface area contributed by atoms with Crippen molar-refractivity contribution in [3.8, 4) is 16.9 Å². The molecule has 1 heterocycles. The van der Waals surface area contributed by atoms with Gasteiger partial charge in [0.15, 0.2) is 0 Å². The summed E-state index contributed by atoms with van der Waals surface area (Å²) in [7, 11) is 0. The van der Waals surface area contributed by atoms with Crippen molar-refractivity contribution in [2.45, 2.75) is 12.5 Å². The van der Waals surface area contributed by atoms with Gasteiger partial charge in [0.05, 0.1) is 10.0 Å². The van der Waals surface area contributed by atoms with E-state index < -0.39 is 0 Å². The Hall–Kier alpha value is -1.48. The van der Waals surface area contributed by atoms with Crippen LogP contribution in [0, 0.1) is 0 Å². The second-order valence-electron chi connectivity index (χ2n) is 4.91. The van der Waals surface area contributed by atoms with Gasteiger partial charge < -0.3 is 10.5 Å². The van der Waals surface area contributed by atoms with E-state index in [0.717, 1.165) is 28.9 Å². The Bertz CT molecular complexity index is 677. The molecule has 0 radical (unpaired) electrons. The molecule has 0 spiro atoms. The minimum atomic E-state index is -0.00934. The van der Waals surface area contributed by atoms with Gasteiger partial charge in [-0.15, -0.1) is 0 Å². The molecular formula is C17H15Cl2NO. The standard InChI is InChI=1S/C17H15Cl2NO/c18-14-5-2-6-15(19)16(14)13-4-1-3-11-7-8-12(9-10-20)21-17(11)13/h1-8,12H,9-10,20H2/t12-/m0/s1. The van der Waals surface area contributed by atoms with E-state index in [4.69, 9.17) is 33.7 Å². The molecule has 2 N–H and O–H groups in total. The molecule has 0 unspecified atom stereocenters. The number of fused-ring (bicyclic) bond motifs is 1. The van der Waals surface area contributed by atoms with Crippen molar-refractivity contribution >= 4 is 29.3 Å². The maximum atomic E-state index is 6.33. The lowest BCUT2D eigenvalue weighted by Crippen LogP contribution is -2.21. The summed E-state index contributed by atoms with van der Waals surface area (Å²) in [5.74, 6) is 0.813. The largest absolute Gasteiger partial charge is 0.485 e. The van der Waals surface area contributed by atoms with Gasteiger partial charge >= 0.3 is 0 Å². The highest BCUT2D eigenvalue weighted by Crippen LogP contribution is 2.43. The van der Waals surface area contributed by atoms with Crippen molar-refractivity contribution in [3.05, 3.63) is 58.1 Å². The fourth-order valence-electron chi connectivity index (χ4n) is 2.49. The smallest absolute Gasteiger partial charge is 0.135 e. The highest BCUT2D eigenvalue weighted by Gasteiger charge is 2.20. The fourth-order valence-corrected chi connectivity index (χ4v) is 3.09. The zero-order valence-corrected chi connectivity index (χ0v) is 12.9. The van der Waals surface area contributed by atoms with Crippen LogP contribution in [-0.4, -0.2) is 12.6 Å². The Morgan fingerprint density at radius 2 is 1.76 bits per heavy atom. The molecular weight excluding hydrogens is 305 g/mol. The van der Waals surface area contributed by atoms with Crippen LogP contribution in [-0.2, 0) is 0 Å². The summed E-state index contributed by atoms with van der Waals surface area (Å²) in [6, 6.07) is 11.5. The lowest BCUT2D eigenvalue weighted by atomic mass is 9.98. The molecule has 0 saturated heterocycles. The summed E-state index contributed by atoms with van der Waals surface area (Å²) >= 11 is 12.7. The number of hydrogen-bond donors (Lipinski definition) is 1. The van der Waals surface area contributed by atoms with E-state index in [1.54, 1.807) is 0 Å². The average molecular weight is 320 g/mol. The zero-order chi connectivity index (χ0) is 14.8. The predicted octanol–water partition coefficient (Wildman–Crippen LogP) is 4.78. The summed E-state index contributed by atoms with van der Waals surface area (Å²) in [4.78, 5) is 0. The molecule has 2 aromatic rings. The van der Waals surface area contributed by atoms with E-state index in [1.165, 1.54) is 0 Å². The molecule has 4 heteroatoms.